The number of hydrogen-bond donors (Lipinski definition) is 1. The minimum atomic E-state index is -0.460. The van der Waals surface area contributed by atoms with E-state index in [9.17, 15) is 4.79 Å². The van der Waals surface area contributed by atoms with Gasteiger partial charge in [0.15, 0.2) is 0 Å². The first kappa shape index (κ1) is 17.5. The number of likely N-dealkylation sites (N-methyl/N-ethyl adjacent to an activating group) is 1. The van der Waals surface area contributed by atoms with E-state index < -0.39 is 5.60 Å². The van der Waals surface area contributed by atoms with Crippen molar-refractivity contribution in [2.45, 2.75) is 46.3 Å². The third-order valence-corrected chi connectivity index (χ3v) is 3.11. The van der Waals surface area contributed by atoms with Gasteiger partial charge < -0.3 is 19.5 Å². The number of aryl methyl sites for hydroxylation is 1. The number of ether oxygens (including phenoxy) is 1. The molecule has 6 nitrogen and oxygen atoms in total. The lowest BCUT2D eigenvalue weighted by Crippen LogP contribution is -2.40. The summed E-state index contributed by atoms with van der Waals surface area (Å²) in [4.78, 5) is 18.0. The average Bonchev–Trinajstić information content (AvgIpc) is 2.78. The fraction of sp³-hybridized carbons (Fsp3) is 0.733. The topological polar surface area (TPSA) is 59.4 Å². The van der Waals surface area contributed by atoms with Crippen LogP contribution in [0.1, 0.15) is 46.5 Å². The summed E-state index contributed by atoms with van der Waals surface area (Å²) in [5, 5.41) is 3.38. The summed E-state index contributed by atoms with van der Waals surface area (Å²) in [5.74, 6) is 0.982. The van der Waals surface area contributed by atoms with Crippen LogP contribution in [-0.2, 0) is 11.8 Å². The van der Waals surface area contributed by atoms with Crippen molar-refractivity contribution in [2.24, 2.45) is 7.05 Å². The van der Waals surface area contributed by atoms with Gasteiger partial charge in [0.1, 0.15) is 11.4 Å². The molecule has 0 bridgehead atoms. The SMILES string of the molecule is CCN(CCNC(C)c1nccn1C)C(=O)OC(C)(C)C. The molecule has 21 heavy (non-hydrogen) atoms. The van der Waals surface area contributed by atoms with E-state index >= 15 is 0 Å². The number of nitrogens with one attached hydrogen (secondary N) is 1. The maximum absolute atomic E-state index is 12.0. The third kappa shape index (κ3) is 5.75. The van der Waals surface area contributed by atoms with E-state index in [0.717, 1.165) is 5.82 Å². The lowest BCUT2D eigenvalue weighted by molar-refractivity contribution is 0.0261. The van der Waals surface area contributed by atoms with Crippen LogP contribution in [-0.4, -0.2) is 45.8 Å². The third-order valence-electron chi connectivity index (χ3n) is 3.11. The monoisotopic (exact) mass is 296 g/mol. The molecule has 1 aromatic heterocycles. The van der Waals surface area contributed by atoms with E-state index in [1.807, 2.05) is 45.5 Å². The molecule has 1 N–H and O–H groups in total. The number of hydrogen-bond acceptors (Lipinski definition) is 4. The Bertz CT molecular complexity index is 451. The van der Waals surface area contributed by atoms with E-state index in [1.54, 1.807) is 11.1 Å². The normalized spacial score (nSPS) is 13.0. The Morgan fingerprint density at radius 3 is 2.67 bits per heavy atom. The standard InChI is InChI=1S/C15H28N4O2/c1-7-19(14(20)21-15(3,4)5)11-9-16-12(2)13-17-8-10-18(13)6/h8,10,12,16H,7,9,11H2,1-6H3. The van der Waals surface area contributed by atoms with Crippen molar-refractivity contribution in [2.75, 3.05) is 19.6 Å². The molecule has 1 rings (SSSR count). The summed E-state index contributed by atoms with van der Waals surface area (Å²) in [7, 11) is 1.97. The highest BCUT2D eigenvalue weighted by molar-refractivity contribution is 5.68. The summed E-state index contributed by atoms with van der Waals surface area (Å²) in [6.07, 6.45) is 3.44. The molecule has 0 saturated heterocycles. The van der Waals surface area contributed by atoms with E-state index in [0.29, 0.717) is 19.6 Å². The summed E-state index contributed by atoms with van der Waals surface area (Å²) in [6.45, 7) is 11.6. The molecule has 0 aliphatic carbocycles. The maximum atomic E-state index is 12.0. The molecule has 1 atom stereocenters. The number of aromatic nitrogens is 2. The van der Waals surface area contributed by atoms with E-state index in [4.69, 9.17) is 4.74 Å². The van der Waals surface area contributed by atoms with Crippen molar-refractivity contribution >= 4 is 6.09 Å². The molecule has 0 radical (unpaired) electrons. The Kier molecular flexibility index (Phi) is 6.20. The van der Waals surface area contributed by atoms with Crippen LogP contribution >= 0.6 is 0 Å². The van der Waals surface area contributed by atoms with Crippen LogP contribution in [0, 0.1) is 0 Å². The average molecular weight is 296 g/mol. The van der Waals surface area contributed by atoms with Crippen molar-refractivity contribution in [3.8, 4) is 0 Å². The van der Waals surface area contributed by atoms with Crippen LogP contribution in [0.4, 0.5) is 4.79 Å². The quantitative estimate of drug-likeness (QED) is 0.875. The number of carbonyl (C=O) groups excluding carboxylic acids is 1. The first-order chi connectivity index (χ1) is 9.74. The van der Waals surface area contributed by atoms with E-state index in [1.165, 1.54) is 0 Å². The molecule has 0 aliphatic rings. The zero-order chi connectivity index (χ0) is 16.0. The molecule has 6 heteroatoms. The predicted octanol–water partition coefficient (Wildman–Crippen LogP) is 2.33. The Morgan fingerprint density at radius 1 is 1.52 bits per heavy atom. The number of imidazole rings is 1. The number of amides is 1. The predicted molar refractivity (Wildman–Crippen MR) is 83.1 cm³/mol. The molecule has 1 amide bonds. The Balaban J connectivity index is 2.42. The van der Waals surface area contributed by atoms with Crippen LogP contribution in [0.5, 0.6) is 0 Å². The van der Waals surface area contributed by atoms with Crippen LogP contribution < -0.4 is 5.32 Å². The maximum Gasteiger partial charge on any atom is 0.410 e. The highest BCUT2D eigenvalue weighted by Gasteiger charge is 2.21. The molecule has 0 aliphatic heterocycles. The van der Waals surface area contributed by atoms with E-state index in [-0.39, 0.29) is 12.1 Å². The van der Waals surface area contributed by atoms with Gasteiger partial charge in [-0.15, -0.1) is 0 Å². The van der Waals surface area contributed by atoms with Gasteiger partial charge in [-0.25, -0.2) is 9.78 Å². The van der Waals surface area contributed by atoms with Crippen molar-refractivity contribution in [3.63, 3.8) is 0 Å². The molecular formula is C15H28N4O2. The molecule has 1 heterocycles. The molecule has 0 spiro atoms. The fourth-order valence-electron chi connectivity index (χ4n) is 2.01. The first-order valence-electron chi connectivity index (χ1n) is 7.43. The van der Waals surface area contributed by atoms with Crippen LogP contribution in [0.15, 0.2) is 12.4 Å². The molecule has 0 saturated carbocycles. The molecule has 0 aromatic carbocycles. The Morgan fingerprint density at radius 2 is 2.19 bits per heavy atom. The summed E-state index contributed by atoms with van der Waals surface area (Å²) >= 11 is 0. The van der Waals surface area contributed by atoms with Crippen molar-refractivity contribution in [3.05, 3.63) is 18.2 Å². The molecule has 1 unspecified atom stereocenters. The van der Waals surface area contributed by atoms with Gasteiger partial charge in [0.2, 0.25) is 0 Å². The number of rotatable bonds is 6. The van der Waals surface area contributed by atoms with Crippen molar-refractivity contribution in [1.29, 1.82) is 0 Å². The highest BCUT2D eigenvalue weighted by atomic mass is 16.6. The lowest BCUT2D eigenvalue weighted by atomic mass is 10.2. The molecule has 1 aromatic rings. The van der Waals surface area contributed by atoms with Gasteiger partial charge in [0.05, 0.1) is 6.04 Å². The number of nitrogens with zero attached hydrogens (tertiary/aromatic N) is 3. The summed E-state index contributed by atoms with van der Waals surface area (Å²) in [5.41, 5.74) is -0.460. The zero-order valence-corrected chi connectivity index (χ0v) is 14.0. The van der Waals surface area contributed by atoms with Gasteiger partial charge in [-0.05, 0) is 34.6 Å². The van der Waals surface area contributed by atoms with Crippen LogP contribution in [0.25, 0.3) is 0 Å². The second-order valence-electron chi connectivity index (χ2n) is 6.13. The van der Waals surface area contributed by atoms with Gasteiger partial charge in [-0.3, -0.25) is 0 Å². The van der Waals surface area contributed by atoms with Gasteiger partial charge in [0, 0.05) is 39.1 Å². The van der Waals surface area contributed by atoms with E-state index in [2.05, 4.69) is 17.2 Å². The summed E-state index contributed by atoms with van der Waals surface area (Å²) < 4.78 is 7.37. The summed E-state index contributed by atoms with van der Waals surface area (Å²) in [6, 6.07) is 0.141. The largest absolute Gasteiger partial charge is 0.444 e. The lowest BCUT2D eigenvalue weighted by Gasteiger charge is -2.27. The molecule has 0 fully saturated rings. The minimum absolute atomic E-state index is 0.141. The Hall–Kier alpha value is -1.56. The molecule has 120 valence electrons. The fourth-order valence-corrected chi connectivity index (χ4v) is 2.01. The number of carbonyl (C=O) groups is 1. The van der Waals surface area contributed by atoms with Gasteiger partial charge in [0.25, 0.3) is 0 Å². The van der Waals surface area contributed by atoms with Crippen molar-refractivity contribution in [1.82, 2.24) is 19.8 Å². The van der Waals surface area contributed by atoms with Crippen molar-refractivity contribution < 1.29 is 9.53 Å². The highest BCUT2D eigenvalue weighted by Crippen LogP contribution is 2.10. The van der Waals surface area contributed by atoms with Gasteiger partial charge in [-0.1, -0.05) is 0 Å². The van der Waals surface area contributed by atoms with Gasteiger partial charge in [-0.2, -0.15) is 0 Å². The van der Waals surface area contributed by atoms with Crippen LogP contribution in [0.3, 0.4) is 0 Å². The zero-order valence-electron chi connectivity index (χ0n) is 14.0. The second kappa shape index (κ2) is 7.45. The minimum Gasteiger partial charge on any atom is -0.444 e. The first-order valence-corrected chi connectivity index (χ1v) is 7.43. The smallest absolute Gasteiger partial charge is 0.410 e. The van der Waals surface area contributed by atoms with Gasteiger partial charge >= 0.3 is 6.09 Å². The Labute approximate surface area is 127 Å². The molecular weight excluding hydrogens is 268 g/mol. The second-order valence-corrected chi connectivity index (χ2v) is 6.13. The van der Waals surface area contributed by atoms with Crippen LogP contribution in [0.2, 0.25) is 0 Å².